The SMILES string of the molecule is CS(=O)(=O)Nc1ccc(-c2cnc3[nH]cc(-c4ccc(C(N)=O)cc4)c3c2)cc1. The molecule has 2 aromatic heterocycles. The molecule has 0 radical (unpaired) electrons. The van der Waals surface area contributed by atoms with Crippen molar-refractivity contribution in [1.29, 1.82) is 0 Å². The van der Waals surface area contributed by atoms with E-state index in [1.165, 1.54) is 0 Å². The molecule has 0 unspecified atom stereocenters. The zero-order chi connectivity index (χ0) is 20.6. The smallest absolute Gasteiger partial charge is 0.248 e. The van der Waals surface area contributed by atoms with Crippen LogP contribution in [0.3, 0.4) is 0 Å². The Morgan fingerprint density at radius 2 is 1.66 bits per heavy atom. The molecule has 2 heterocycles. The number of anilines is 1. The summed E-state index contributed by atoms with van der Waals surface area (Å²) in [5.74, 6) is -0.465. The summed E-state index contributed by atoms with van der Waals surface area (Å²) in [7, 11) is -3.32. The topological polar surface area (TPSA) is 118 Å². The molecule has 7 nitrogen and oxygen atoms in total. The third-order valence-corrected chi connectivity index (χ3v) is 5.14. The molecule has 4 N–H and O–H groups in total. The Morgan fingerprint density at radius 3 is 2.28 bits per heavy atom. The molecule has 146 valence electrons. The van der Waals surface area contributed by atoms with Crippen LogP contribution in [-0.2, 0) is 10.0 Å². The number of pyridine rings is 1. The number of sulfonamides is 1. The van der Waals surface area contributed by atoms with Crippen LogP contribution in [0.15, 0.2) is 67.0 Å². The third kappa shape index (κ3) is 3.97. The second kappa shape index (κ2) is 7.06. The molecule has 0 saturated carbocycles. The predicted molar refractivity (Wildman–Crippen MR) is 114 cm³/mol. The van der Waals surface area contributed by atoms with E-state index >= 15 is 0 Å². The largest absolute Gasteiger partial charge is 0.366 e. The van der Waals surface area contributed by atoms with Gasteiger partial charge in [-0.15, -0.1) is 0 Å². The second-order valence-electron chi connectivity index (χ2n) is 6.72. The van der Waals surface area contributed by atoms with Crippen LogP contribution in [0.5, 0.6) is 0 Å². The highest BCUT2D eigenvalue weighted by atomic mass is 32.2. The Bertz CT molecular complexity index is 1310. The average Bonchev–Trinajstić information content (AvgIpc) is 3.10. The fourth-order valence-electron chi connectivity index (χ4n) is 3.16. The number of fused-ring (bicyclic) bond motifs is 1. The molecule has 0 saturated heterocycles. The molecule has 0 spiro atoms. The van der Waals surface area contributed by atoms with Crippen molar-refractivity contribution in [2.45, 2.75) is 0 Å². The lowest BCUT2D eigenvalue weighted by molar-refractivity contribution is 0.100. The van der Waals surface area contributed by atoms with Gasteiger partial charge in [0.2, 0.25) is 15.9 Å². The third-order valence-electron chi connectivity index (χ3n) is 4.53. The van der Waals surface area contributed by atoms with E-state index in [4.69, 9.17) is 5.73 Å². The maximum Gasteiger partial charge on any atom is 0.248 e. The molecule has 0 aliphatic carbocycles. The van der Waals surface area contributed by atoms with E-state index in [0.29, 0.717) is 11.3 Å². The molecule has 8 heteroatoms. The summed E-state index contributed by atoms with van der Waals surface area (Å²) < 4.78 is 25.2. The maximum absolute atomic E-state index is 11.4. The van der Waals surface area contributed by atoms with E-state index in [1.54, 1.807) is 30.5 Å². The molecule has 0 aliphatic heterocycles. The molecular formula is C21H18N4O3S. The van der Waals surface area contributed by atoms with E-state index in [0.717, 1.165) is 39.5 Å². The van der Waals surface area contributed by atoms with Gasteiger partial charge >= 0.3 is 0 Å². The number of nitrogens with zero attached hydrogens (tertiary/aromatic N) is 1. The number of carbonyl (C=O) groups is 1. The van der Waals surface area contributed by atoms with E-state index in [9.17, 15) is 13.2 Å². The van der Waals surface area contributed by atoms with Crippen molar-refractivity contribution in [2.75, 3.05) is 11.0 Å². The van der Waals surface area contributed by atoms with Crippen LogP contribution in [0.4, 0.5) is 5.69 Å². The summed E-state index contributed by atoms with van der Waals surface area (Å²) in [6, 6.07) is 16.2. The quantitative estimate of drug-likeness (QED) is 0.471. The number of amides is 1. The first-order chi connectivity index (χ1) is 13.8. The van der Waals surface area contributed by atoms with Crippen LogP contribution in [0.1, 0.15) is 10.4 Å². The molecule has 29 heavy (non-hydrogen) atoms. The van der Waals surface area contributed by atoms with Crippen molar-refractivity contribution >= 4 is 32.7 Å². The average molecular weight is 406 g/mol. The van der Waals surface area contributed by atoms with E-state index in [1.807, 2.05) is 36.5 Å². The number of H-pyrrole nitrogens is 1. The number of nitrogens with one attached hydrogen (secondary N) is 2. The Hall–Kier alpha value is -3.65. The van der Waals surface area contributed by atoms with E-state index in [-0.39, 0.29) is 0 Å². The lowest BCUT2D eigenvalue weighted by atomic mass is 10.0. The van der Waals surface area contributed by atoms with Gasteiger partial charge in [0.15, 0.2) is 0 Å². The summed E-state index contributed by atoms with van der Waals surface area (Å²) in [4.78, 5) is 18.9. The molecule has 0 fully saturated rings. The molecular weight excluding hydrogens is 388 g/mol. The van der Waals surface area contributed by atoms with Crippen LogP contribution in [0, 0.1) is 0 Å². The van der Waals surface area contributed by atoms with Gasteiger partial charge in [-0.2, -0.15) is 0 Å². The van der Waals surface area contributed by atoms with Crippen molar-refractivity contribution in [1.82, 2.24) is 9.97 Å². The first-order valence-corrected chi connectivity index (χ1v) is 10.6. The summed E-state index contributed by atoms with van der Waals surface area (Å²) in [6.45, 7) is 0. The van der Waals surface area contributed by atoms with Gasteiger partial charge in [-0.3, -0.25) is 9.52 Å². The maximum atomic E-state index is 11.4. The number of aromatic nitrogens is 2. The van der Waals surface area contributed by atoms with Crippen molar-refractivity contribution in [3.05, 3.63) is 72.6 Å². The monoisotopic (exact) mass is 406 g/mol. The van der Waals surface area contributed by atoms with Gasteiger partial charge in [-0.1, -0.05) is 24.3 Å². The van der Waals surface area contributed by atoms with Crippen molar-refractivity contribution in [2.24, 2.45) is 5.73 Å². The molecule has 0 aliphatic rings. The number of benzene rings is 2. The van der Waals surface area contributed by atoms with Crippen LogP contribution in [0.2, 0.25) is 0 Å². The number of hydrogen-bond acceptors (Lipinski definition) is 4. The van der Waals surface area contributed by atoms with Crippen molar-refractivity contribution < 1.29 is 13.2 Å². The number of hydrogen-bond donors (Lipinski definition) is 3. The molecule has 4 aromatic rings. The lowest BCUT2D eigenvalue weighted by Gasteiger charge is -2.07. The summed E-state index contributed by atoms with van der Waals surface area (Å²) in [6.07, 6.45) is 4.75. The lowest BCUT2D eigenvalue weighted by Crippen LogP contribution is -2.10. The predicted octanol–water partition coefficient (Wildman–Crippen LogP) is 3.37. The van der Waals surface area contributed by atoms with Crippen LogP contribution >= 0.6 is 0 Å². The Balaban J connectivity index is 1.71. The van der Waals surface area contributed by atoms with E-state index in [2.05, 4.69) is 14.7 Å². The number of rotatable bonds is 5. The highest BCUT2D eigenvalue weighted by Gasteiger charge is 2.10. The number of primary amides is 1. The fourth-order valence-corrected chi connectivity index (χ4v) is 3.72. The van der Waals surface area contributed by atoms with Crippen molar-refractivity contribution in [3.63, 3.8) is 0 Å². The highest BCUT2D eigenvalue weighted by molar-refractivity contribution is 7.92. The van der Waals surface area contributed by atoms with Gasteiger partial charge in [-0.05, 0) is 41.5 Å². The van der Waals surface area contributed by atoms with E-state index < -0.39 is 15.9 Å². The van der Waals surface area contributed by atoms with Crippen LogP contribution < -0.4 is 10.5 Å². The van der Waals surface area contributed by atoms with Gasteiger partial charge in [0.25, 0.3) is 0 Å². The number of carbonyl (C=O) groups excluding carboxylic acids is 1. The van der Waals surface area contributed by atoms with Crippen molar-refractivity contribution in [3.8, 4) is 22.3 Å². The molecule has 0 bridgehead atoms. The first kappa shape index (κ1) is 18.7. The zero-order valence-corrected chi connectivity index (χ0v) is 16.3. The minimum absolute atomic E-state index is 0.454. The standard InChI is InChI=1S/C21H18N4O3S/c1-29(27,28)25-17-8-6-13(7-9-17)16-10-18-19(12-24-21(18)23-11-16)14-2-4-15(5-3-14)20(22)26/h2-12,25H,1H3,(H2,22,26)(H,23,24). The van der Waals surface area contributed by atoms with Gasteiger partial charge < -0.3 is 10.7 Å². The van der Waals surface area contributed by atoms with Crippen LogP contribution in [-0.4, -0.2) is 30.5 Å². The molecule has 4 rings (SSSR count). The number of aromatic amines is 1. The Morgan fingerprint density at radius 1 is 1.00 bits per heavy atom. The molecule has 1 amide bonds. The first-order valence-electron chi connectivity index (χ1n) is 8.76. The van der Waals surface area contributed by atoms with Crippen LogP contribution in [0.25, 0.3) is 33.3 Å². The summed E-state index contributed by atoms with van der Waals surface area (Å²) in [5, 5.41) is 0.938. The number of nitrogens with two attached hydrogens (primary N) is 1. The second-order valence-corrected chi connectivity index (χ2v) is 8.46. The zero-order valence-electron chi connectivity index (χ0n) is 15.5. The minimum atomic E-state index is -3.32. The van der Waals surface area contributed by atoms with Gasteiger partial charge in [0.05, 0.1) is 6.26 Å². The van der Waals surface area contributed by atoms with Gasteiger partial charge in [-0.25, -0.2) is 13.4 Å². The van der Waals surface area contributed by atoms with Gasteiger partial charge in [0, 0.05) is 40.2 Å². The van der Waals surface area contributed by atoms with Gasteiger partial charge in [0.1, 0.15) is 5.65 Å². The molecule has 0 atom stereocenters. The Labute approximate surface area is 167 Å². The molecule has 2 aromatic carbocycles. The normalized spacial score (nSPS) is 11.5. The minimum Gasteiger partial charge on any atom is -0.366 e. The Kier molecular flexibility index (Phi) is 4.56. The fraction of sp³-hybridized carbons (Fsp3) is 0.0476. The summed E-state index contributed by atoms with van der Waals surface area (Å²) in [5.41, 5.74) is 10.7. The summed E-state index contributed by atoms with van der Waals surface area (Å²) >= 11 is 0. The highest BCUT2D eigenvalue weighted by Crippen LogP contribution is 2.31.